The molecule has 1 unspecified atom stereocenters. The Kier molecular flexibility index (Phi) is 7.75. The van der Waals surface area contributed by atoms with E-state index < -0.39 is 35.2 Å². The van der Waals surface area contributed by atoms with Crippen LogP contribution in [0.4, 0.5) is 20.6 Å². The number of ether oxygens (including phenoxy) is 3. The topological polar surface area (TPSA) is 139 Å². The summed E-state index contributed by atoms with van der Waals surface area (Å²) in [5.41, 5.74) is 1.05. The number of halogens is 1. The fraction of sp³-hybridized carbons (Fsp3) is 0.250. The second kappa shape index (κ2) is 11.8. The molecule has 1 saturated carbocycles. The molecule has 226 valence electrons. The molecule has 0 radical (unpaired) electrons. The highest BCUT2D eigenvalue weighted by Gasteiger charge is 2.56. The van der Waals surface area contributed by atoms with Gasteiger partial charge in [-0.05, 0) is 79.6 Å². The van der Waals surface area contributed by atoms with Gasteiger partial charge in [0.15, 0.2) is 0 Å². The smallest absolute Gasteiger partial charge is 0.407 e. The summed E-state index contributed by atoms with van der Waals surface area (Å²) in [6.07, 6.45) is 0.935. The average molecular weight is 601 g/mol. The molecule has 1 aliphatic carbocycles. The predicted molar refractivity (Wildman–Crippen MR) is 158 cm³/mol. The van der Waals surface area contributed by atoms with Crippen LogP contribution in [0.25, 0.3) is 10.9 Å². The molecule has 4 aromatic rings. The molecule has 2 heterocycles. The van der Waals surface area contributed by atoms with E-state index in [1.807, 2.05) is 6.07 Å². The number of aromatic nitrogens is 1. The van der Waals surface area contributed by atoms with Gasteiger partial charge in [0.1, 0.15) is 34.6 Å². The minimum atomic E-state index is -1.17. The maximum atomic E-state index is 13.2. The lowest BCUT2D eigenvalue weighted by Crippen LogP contribution is -2.41. The zero-order chi connectivity index (χ0) is 30.8. The highest BCUT2D eigenvalue weighted by Crippen LogP contribution is 2.47. The summed E-state index contributed by atoms with van der Waals surface area (Å²) >= 11 is 0. The van der Waals surface area contributed by atoms with Gasteiger partial charge in [0, 0.05) is 35.1 Å². The van der Waals surface area contributed by atoms with Crippen molar-refractivity contribution in [3.05, 3.63) is 84.3 Å². The van der Waals surface area contributed by atoms with Crippen LogP contribution in [0, 0.1) is 11.2 Å². The number of carbonyl (C=O) groups excluding carboxylic acids is 2. The number of methoxy groups -OCH3 is 1. The molecule has 3 N–H and O–H groups in total. The number of carboxylic acid groups (broad SMARTS) is 1. The molecule has 12 heteroatoms. The minimum absolute atomic E-state index is 0.177. The number of nitrogens with one attached hydrogen (secondary N) is 2. The average Bonchev–Trinajstić information content (AvgIpc) is 3.85. The van der Waals surface area contributed by atoms with Crippen LogP contribution in [0.5, 0.6) is 17.2 Å². The molecular formula is C32H29FN4O7. The Balaban J connectivity index is 1.15. The highest BCUT2D eigenvalue weighted by molar-refractivity contribution is 6.16. The van der Waals surface area contributed by atoms with Gasteiger partial charge < -0.3 is 34.9 Å². The predicted octanol–water partition coefficient (Wildman–Crippen LogP) is 5.58. The number of rotatable bonds is 8. The summed E-state index contributed by atoms with van der Waals surface area (Å²) in [6.45, 7) is 0.750. The fourth-order valence-corrected chi connectivity index (χ4v) is 5.14. The first-order chi connectivity index (χ1) is 21.3. The SMILES string of the molecule is COc1cc2c(Oc3ccc(NC(=O)C4(C(=O)Nc5ccc(F)cc5)CC4)cc3)ccnc2cc1C1CN(C(=O)O)CCO1. The molecule has 3 aromatic carbocycles. The van der Waals surface area contributed by atoms with E-state index in [0.717, 1.165) is 0 Å². The van der Waals surface area contributed by atoms with Gasteiger partial charge in [-0.1, -0.05) is 0 Å². The molecule has 1 aromatic heterocycles. The number of pyridine rings is 1. The third-order valence-electron chi connectivity index (χ3n) is 7.80. The highest BCUT2D eigenvalue weighted by atomic mass is 19.1. The number of nitrogens with zero attached hydrogens (tertiary/aromatic N) is 2. The zero-order valence-electron chi connectivity index (χ0n) is 23.7. The first kappa shape index (κ1) is 28.9. The molecule has 2 fully saturated rings. The van der Waals surface area contributed by atoms with Crippen molar-refractivity contribution in [3.8, 4) is 17.2 Å². The van der Waals surface area contributed by atoms with Gasteiger partial charge in [0.05, 0.1) is 25.8 Å². The normalized spacial score (nSPS) is 17.0. The lowest BCUT2D eigenvalue weighted by molar-refractivity contribution is -0.131. The van der Waals surface area contributed by atoms with Gasteiger partial charge in [-0.3, -0.25) is 14.6 Å². The van der Waals surface area contributed by atoms with Crippen LogP contribution >= 0.6 is 0 Å². The molecule has 6 rings (SSSR count). The lowest BCUT2D eigenvalue weighted by Gasteiger charge is -2.32. The molecular weight excluding hydrogens is 571 g/mol. The van der Waals surface area contributed by atoms with Crippen molar-refractivity contribution in [1.29, 1.82) is 0 Å². The van der Waals surface area contributed by atoms with Crippen molar-refractivity contribution in [2.45, 2.75) is 18.9 Å². The maximum Gasteiger partial charge on any atom is 0.407 e. The van der Waals surface area contributed by atoms with E-state index in [1.165, 1.54) is 36.3 Å². The van der Waals surface area contributed by atoms with Gasteiger partial charge in [-0.15, -0.1) is 0 Å². The van der Waals surface area contributed by atoms with Crippen LogP contribution < -0.4 is 20.1 Å². The lowest BCUT2D eigenvalue weighted by atomic mass is 10.0. The first-order valence-electron chi connectivity index (χ1n) is 14.0. The summed E-state index contributed by atoms with van der Waals surface area (Å²) in [5, 5.41) is 15.6. The van der Waals surface area contributed by atoms with E-state index in [-0.39, 0.29) is 13.2 Å². The summed E-state index contributed by atoms with van der Waals surface area (Å²) in [5.74, 6) is 0.273. The summed E-state index contributed by atoms with van der Waals surface area (Å²) in [7, 11) is 1.53. The quantitative estimate of drug-likeness (QED) is 0.223. The van der Waals surface area contributed by atoms with Crippen LogP contribution in [-0.2, 0) is 14.3 Å². The molecule has 0 spiro atoms. The van der Waals surface area contributed by atoms with Crippen LogP contribution in [0.2, 0.25) is 0 Å². The van der Waals surface area contributed by atoms with Gasteiger partial charge in [-0.25, -0.2) is 9.18 Å². The number of fused-ring (bicyclic) bond motifs is 1. The largest absolute Gasteiger partial charge is 0.496 e. The second-order valence-electron chi connectivity index (χ2n) is 10.6. The van der Waals surface area contributed by atoms with E-state index in [2.05, 4.69) is 15.6 Å². The number of anilines is 2. The number of amides is 3. The molecule has 1 atom stereocenters. The van der Waals surface area contributed by atoms with Crippen molar-refractivity contribution >= 4 is 40.2 Å². The van der Waals surface area contributed by atoms with E-state index in [4.69, 9.17) is 14.2 Å². The standard InChI is InChI=1S/C32H29FN4O7/c1-42-27-17-23-25(16-24(27)28-18-37(31(40)41)14-15-43-28)34-13-10-26(23)44-22-8-6-21(7-9-22)36-30(39)32(11-12-32)29(38)35-20-4-2-19(33)3-5-20/h2-10,13,16-17,28H,11-12,14-15,18H2,1H3,(H,35,38)(H,36,39)(H,40,41). The third-order valence-corrected chi connectivity index (χ3v) is 7.80. The van der Waals surface area contributed by atoms with Crippen molar-refractivity contribution in [3.63, 3.8) is 0 Å². The Morgan fingerprint density at radius 1 is 0.977 bits per heavy atom. The van der Waals surface area contributed by atoms with Gasteiger partial charge in [0.2, 0.25) is 11.8 Å². The number of hydrogen-bond acceptors (Lipinski definition) is 7. The van der Waals surface area contributed by atoms with Crippen molar-refractivity contribution < 1.29 is 38.1 Å². The van der Waals surface area contributed by atoms with Crippen molar-refractivity contribution in [2.75, 3.05) is 37.4 Å². The number of carbonyl (C=O) groups is 3. The number of hydrogen-bond donors (Lipinski definition) is 3. The summed E-state index contributed by atoms with van der Waals surface area (Å²) in [6, 6.07) is 17.4. The molecule has 44 heavy (non-hydrogen) atoms. The molecule has 1 saturated heterocycles. The van der Waals surface area contributed by atoms with Gasteiger partial charge >= 0.3 is 6.09 Å². The second-order valence-corrected chi connectivity index (χ2v) is 10.6. The summed E-state index contributed by atoms with van der Waals surface area (Å²) in [4.78, 5) is 43.2. The van der Waals surface area contributed by atoms with E-state index >= 15 is 0 Å². The van der Waals surface area contributed by atoms with Crippen LogP contribution in [0.1, 0.15) is 24.5 Å². The minimum Gasteiger partial charge on any atom is -0.496 e. The molecule has 1 aliphatic heterocycles. The Morgan fingerprint density at radius 2 is 1.64 bits per heavy atom. The first-order valence-corrected chi connectivity index (χ1v) is 14.0. The van der Waals surface area contributed by atoms with Gasteiger partial charge in [-0.2, -0.15) is 0 Å². The van der Waals surface area contributed by atoms with E-state index in [1.54, 1.807) is 42.6 Å². The van der Waals surface area contributed by atoms with E-state index in [9.17, 15) is 23.9 Å². The van der Waals surface area contributed by atoms with Crippen LogP contribution in [0.3, 0.4) is 0 Å². The Bertz CT molecular complexity index is 1730. The summed E-state index contributed by atoms with van der Waals surface area (Å²) < 4.78 is 30.8. The Morgan fingerprint density at radius 3 is 2.25 bits per heavy atom. The number of benzene rings is 3. The van der Waals surface area contributed by atoms with Crippen LogP contribution in [-0.4, -0.2) is 59.7 Å². The molecule has 11 nitrogen and oxygen atoms in total. The monoisotopic (exact) mass is 600 g/mol. The van der Waals surface area contributed by atoms with Gasteiger partial charge in [0.25, 0.3) is 0 Å². The zero-order valence-corrected chi connectivity index (χ0v) is 23.7. The third kappa shape index (κ3) is 5.84. The number of morpholine rings is 1. The van der Waals surface area contributed by atoms with Crippen molar-refractivity contribution in [2.24, 2.45) is 5.41 Å². The van der Waals surface area contributed by atoms with Crippen molar-refractivity contribution in [1.82, 2.24) is 9.88 Å². The van der Waals surface area contributed by atoms with Crippen LogP contribution in [0.15, 0.2) is 72.9 Å². The maximum absolute atomic E-state index is 13.2. The fourth-order valence-electron chi connectivity index (χ4n) is 5.14. The Hall–Kier alpha value is -5.23. The molecule has 3 amide bonds. The van der Waals surface area contributed by atoms with E-state index in [0.29, 0.717) is 64.5 Å². The Labute approximate surface area is 251 Å². The molecule has 2 aliphatic rings. The molecule has 0 bridgehead atoms.